The van der Waals surface area contributed by atoms with Gasteiger partial charge in [-0.25, -0.2) is 29.3 Å². The largest absolute Gasteiger partial charge is 0.474 e. The maximum absolute atomic E-state index is 13.1. The van der Waals surface area contributed by atoms with Crippen LogP contribution in [0.5, 0.6) is 0 Å². The van der Waals surface area contributed by atoms with E-state index in [1.807, 2.05) is 11.8 Å². The lowest BCUT2D eigenvalue weighted by Crippen LogP contribution is -2.52. The van der Waals surface area contributed by atoms with Crippen LogP contribution in [0.15, 0.2) is 36.8 Å². The Kier molecular flexibility index (Phi) is 26.3. The average molecular weight is 1250 g/mol. The Morgan fingerprint density at radius 2 is 0.867 bits per heavy atom. The van der Waals surface area contributed by atoms with Gasteiger partial charge in [0.05, 0.1) is 35.7 Å². The summed E-state index contributed by atoms with van der Waals surface area (Å²) in [6.07, 6.45) is 25.5. The number of hydrogen-bond acceptors (Lipinski definition) is 15. The lowest BCUT2D eigenvalue weighted by molar-refractivity contribution is -0.147. The van der Waals surface area contributed by atoms with Crippen LogP contribution in [0.25, 0.3) is 0 Å². The van der Waals surface area contributed by atoms with E-state index in [0.717, 1.165) is 62.0 Å². The van der Waals surface area contributed by atoms with E-state index < -0.39 is 58.9 Å². The molecule has 9 rings (SSSR count). The van der Waals surface area contributed by atoms with E-state index in [1.54, 1.807) is 72.4 Å². The highest BCUT2D eigenvalue weighted by Gasteiger charge is 2.40. The molecule has 23 heteroatoms. The first-order valence-electron chi connectivity index (χ1n) is 32.6. The summed E-state index contributed by atoms with van der Waals surface area (Å²) in [5.74, 6) is -0.0118. The monoisotopic (exact) mass is 1250 g/mol. The van der Waals surface area contributed by atoms with Crippen LogP contribution in [0.4, 0.5) is 44.1 Å². The van der Waals surface area contributed by atoms with Crippen LogP contribution in [0.1, 0.15) is 195 Å². The molecular weight excluding hydrogens is 1150 g/mol. The van der Waals surface area contributed by atoms with Crippen molar-refractivity contribution in [1.82, 2.24) is 30.1 Å². The van der Waals surface area contributed by atoms with E-state index >= 15 is 0 Å². The third kappa shape index (κ3) is 22.5. The molecule has 3 saturated heterocycles. The molecule has 3 aliphatic heterocycles. The second kappa shape index (κ2) is 33.1. The summed E-state index contributed by atoms with van der Waals surface area (Å²) in [6, 6.07) is 6.15. The molecule has 0 aromatic carbocycles. The summed E-state index contributed by atoms with van der Waals surface area (Å²) in [4.78, 5) is 112. The number of aromatic nitrogens is 3. The molecule has 90 heavy (non-hydrogen) atoms. The maximum Gasteiger partial charge on any atom is 0.413 e. The van der Waals surface area contributed by atoms with Crippen LogP contribution < -0.4 is 37.6 Å². The van der Waals surface area contributed by atoms with E-state index in [-0.39, 0.29) is 23.6 Å². The predicted octanol–water partition coefficient (Wildman–Crippen LogP) is 11.5. The number of likely N-dealkylation sites (tertiary alicyclic amines) is 2. The van der Waals surface area contributed by atoms with Crippen molar-refractivity contribution in [2.45, 2.75) is 228 Å². The van der Waals surface area contributed by atoms with Gasteiger partial charge in [-0.05, 0) is 216 Å². The fraction of sp³-hybridized carbons (Fsp3) is 0.657. The Bertz CT molecular complexity index is 2960. The molecule has 3 aromatic rings. The lowest BCUT2D eigenvalue weighted by atomic mass is 9.85. The minimum atomic E-state index is -1.59. The molecule has 4 unspecified atom stereocenters. The highest BCUT2D eigenvalue weighted by atomic mass is 16.6. The standard InChI is InChI=1S/C24H36N4O4.C19H28N4O2.C13H17N3O5.C11H21N/c1-15-10-11-19(17-8-6-7-9-17)28(14-15)22(30)21(29)26-18-12-16(2)20(25-13-18)27-23(31)32-24(3,4)5;1-12-7-8-16(14-5-3-4-6-14)23(11-12)19(25)18(24)22-15-9-13(2)17(20)21-10-15;1-7-5-8(15-10(17)11(18)19)6-14-9(7)16-12(20)21-13(2,3)4;1-9-6-7-11(12-8-9)10-4-2-3-5-10/h12-13,15,17,19H,6-11,14H2,1-5H3,(H,26,29)(H,25,27,31);9-10,12,14,16H,3-8,11H2,1-2H3,(H2,20,21)(H,22,24);5-6H,1-4H3,(H,15,17)(H,18,19)(H,14,16,20);9-12H,2-8H2,1H3/t;12-,16+;;/m.0../s1. The van der Waals surface area contributed by atoms with Crippen LogP contribution in [-0.2, 0) is 38.2 Å². The third-order valence-corrected chi connectivity index (χ3v) is 17.7. The topological polar surface area (TPSA) is 319 Å². The molecule has 496 valence electrons. The molecule has 3 saturated carbocycles. The SMILES string of the molecule is CC1CCC(C2CCCC2)NC1.Cc1cc(NC(=O)C(=O)N2CC(C)CCC2C2CCCC2)cnc1NC(=O)OC(C)(C)C.Cc1cc(NC(=O)C(=O)N2C[C@@H](C)CC[C@@H]2C2CCCC2)cnc1N.Cc1cc(NC(=O)C(=O)O)cnc1NC(=O)OC(C)(C)C. The van der Waals surface area contributed by atoms with Crippen molar-refractivity contribution in [3.05, 3.63) is 53.5 Å². The molecule has 0 bridgehead atoms. The average Bonchev–Trinajstić information content (AvgIpc) is 2.13. The van der Waals surface area contributed by atoms with Gasteiger partial charge < -0.3 is 51.4 Å². The first-order valence-corrected chi connectivity index (χ1v) is 32.6. The van der Waals surface area contributed by atoms with Crippen LogP contribution in [-0.4, -0.2) is 127 Å². The summed E-state index contributed by atoms with van der Waals surface area (Å²) >= 11 is 0. The third-order valence-electron chi connectivity index (χ3n) is 17.7. The first kappa shape index (κ1) is 71.6. The molecule has 6 fully saturated rings. The number of rotatable bonds is 8. The van der Waals surface area contributed by atoms with Gasteiger partial charge in [0.15, 0.2) is 0 Å². The highest BCUT2D eigenvalue weighted by Crippen LogP contribution is 2.38. The second-order valence-electron chi connectivity index (χ2n) is 27.9. The van der Waals surface area contributed by atoms with Gasteiger partial charge in [0, 0.05) is 31.2 Å². The molecular formula is C67H102N12O11. The number of ether oxygens (including phenoxy) is 2. The van der Waals surface area contributed by atoms with Crippen LogP contribution in [0.3, 0.4) is 0 Å². The summed E-state index contributed by atoms with van der Waals surface area (Å²) in [5, 5.41) is 24.8. The molecule has 6 atom stereocenters. The maximum atomic E-state index is 13.1. The fourth-order valence-corrected chi connectivity index (χ4v) is 13.1. The normalized spacial score (nSPS) is 22.2. The zero-order chi connectivity index (χ0) is 66.0. The van der Waals surface area contributed by atoms with Gasteiger partial charge in [-0.3, -0.25) is 34.6 Å². The lowest BCUT2D eigenvalue weighted by Gasteiger charge is -2.41. The molecule has 0 radical (unpaired) electrons. The second-order valence-corrected chi connectivity index (χ2v) is 27.9. The Balaban J connectivity index is 0.000000200. The highest BCUT2D eigenvalue weighted by molar-refractivity contribution is 6.40. The number of nitrogen functional groups attached to an aromatic ring is 1. The van der Waals surface area contributed by atoms with Crippen molar-refractivity contribution < 1.29 is 52.9 Å². The molecule has 6 aliphatic rings. The van der Waals surface area contributed by atoms with Gasteiger partial charge in [0.25, 0.3) is 0 Å². The number of carboxylic acids is 1. The molecule has 3 aromatic heterocycles. The molecule has 6 heterocycles. The minimum Gasteiger partial charge on any atom is -0.474 e. The molecule has 23 nitrogen and oxygen atoms in total. The van der Waals surface area contributed by atoms with E-state index in [4.69, 9.17) is 20.3 Å². The number of nitrogens with one attached hydrogen (secondary N) is 6. The Morgan fingerprint density at radius 1 is 0.500 bits per heavy atom. The van der Waals surface area contributed by atoms with Gasteiger partial charge >= 0.3 is 47.7 Å². The molecule has 9 N–H and O–H groups in total. The molecule has 7 amide bonds. The van der Waals surface area contributed by atoms with Gasteiger partial charge in [0.2, 0.25) is 0 Å². The smallest absolute Gasteiger partial charge is 0.413 e. The summed E-state index contributed by atoms with van der Waals surface area (Å²) in [6.45, 7) is 25.0. The zero-order valence-electron chi connectivity index (χ0n) is 55.4. The number of carbonyl (C=O) groups is 8. The molecule has 3 aliphatic carbocycles. The van der Waals surface area contributed by atoms with Crippen molar-refractivity contribution in [3.63, 3.8) is 0 Å². The number of aryl methyl sites for hydroxylation is 3. The number of pyridine rings is 3. The van der Waals surface area contributed by atoms with Crippen molar-refractivity contribution in [3.8, 4) is 0 Å². The van der Waals surface area contributed by atoms with Gasteiger partial charge in [-0.15, -0.1) is 0 Å². The van der Waals surface area contributed by atoms with E-state index in [9.17, 15) is 38.4 Å². The van der Waals surface area contributed by atoms with Gasteiger partial charge in [0.1, 0.15) is 28.7 Å². The number of amides is 7. The Labute approximate surface area is 532 Å². The fourth-order valence-electron chi connectivity index (χ4n) is 13.1. The minimum absolute atomic E-state index is 0.159. The first-order chi connectivity index (χ1) is 42.4. The quantitative estimate of drug-likeness (QED) is 0.0972. The van der Waals surface area contributed by atoms with E-state index in [1.165, 1.54) is 108 Å². The number of anilines is 6. The number of aliphatic carboxylic acids is 1. The number of hydrogen-bond donors (Lipinski definition) is 8. The Morgan fingerprint density at radius 3 is 1.22 bits per heavy atom. The summed E-state index contributed by atoms with van der Waals surface area (Å²) in [7, 11) is 0. The molecule has 0 spiro atoms. The van der Waals surface area contributed by atoms with Crippen molar-refractivity contribution >= 4 is 82.2 Å². The summed E-state index contributed by atoms with van der Waals surface area (Å²) in [5.41, 5.74) is 7.56. The number of carboxylic acid groups (broad SMARTS) is 1. The number of nitrogens with zero attached hydrogens (tertiary/aromatic N) is 5. The van der Waals surface area contributed by atoms with Crippen molar-refractivity contribution in [2.24, 2.45) is 35.5 Å². The number of carbonyl (C=O) groups excluding carboxylic acids is 7. The number of piperidine rings is 3. The number of nitrogens with two attached hydrogens (primary N) is 1. The van der Waals surface area contributed by atoms with Crippen LogP contribution >= 0.6 is 0 Å². The zero-order valence-corrected chi connectivity index (χ0v) is 55.4. The van der Waals surface area contributed by atoms with E-state index in [0.29, 0.717) is 70.9 Å². The summed E-state index contributed by atoms with van der Waals surface area (Å²) < 4.78 is 10.3. The van der Waals surface area contributed by atoms with Crippen molar-refractivity contribution in [2.75, 3.05) is 52.0 Å². The van der Waals surface area contributed by atoms with Gasteiger partial charge in [-0.1, -0.05) is 59.3 Å². The van der Waals surface area contributed by atoms with Crippen LogP contribution in [0.2, 0.25) is 0 Å². The van der Waals surface area contributed by atoms with E-state index in [2.05, 4.69) is 67.6 Å². The predicted molar refractivity (Wildman–Crippen MR) is 348 cm³/mol. The Hall–Kier alpha value is -7.43. The van der Waals surface area contributed by atoms with Crippen LogP contribution in [0, 0.1) is 56.3 Å². The van der Waals surface area contributed by atoms with Crippen molar-refractivity contribution in [1.29, 1.82) is 0 Å². The van der Waals surface area contributed by atoms with Gasteiger partial charge in [-0.2, -0.15) is 0 Å².